The number of rotatable bonds is 4. The van der Waals surface area contributed by atoms with Gasteiger partial charge in [-0.3, -0.25) is 14.4 Å². The highest BCUT2D eigenvalue weighted by atomic mass is 28.4. The van der Waals surface area contributed by atoms with Crippen molar-refractivity contribution in [1.29, 1.82) is 0 Å². The van der Waals surface area contributed by atoms with Crippen LogP contribution in [0.25, 0.3) is 0 Å². The number of carbonyl (C=O) groups is 3. The maximum Gasteiger partial charge on any atom is 0.192 e. The fraction of sp³-hybridized carbons (Fsp3) is 0.750. The Morgan fingerprint density at radius 2 is 1.88 bits per heavy atom. The number of hydrogen-bond donors (Lipinski definition) is 1. The van der Waals surface area contributed by atoms with Crippen molar-refractivity contribution >= 4 is 25.7 Å². The molecule has 0 bridgehead atoms. The van der Waals surface area contributed by atoms with Gasteiger partial charge in [0, 0.05) is 23.2 Å². The van der Waals surface area contributed by atoms with E-state index in [0.29, 0.717) is 6.42 Å². The molecular formula is C28H42O5Si. The smallest absolute Gasteiger partial charge is 0.192 e. The minimum atomic E-state index is -2.15. The molecule has 0 amide bonds. The van der Waals surface area contributed by atoms with Crippen molar-refractivity contribution in [1.82, 2.24) is 0 Å². The lowest BCUT2D eigenvalue weighted by Gasteiger charge is -2.58. The summed E-state index contributed by atoms with van der Waals surface area (Å²) in [6.45, 7) is 16.7. The maximum absolute atomic E-state index is 13.8. The molecule has 0 aromatic rings. The minimum absolute atomic E-state index is 0.00607. The highest BCUT2D eigenvalue weighted by Crippen LogP contribution is 2.66. The predicted octanol–water partition coefficient (Wildman–Crippen LogP) is 5.04. The molecule has 3 saturated carbocycles. The lowest BCUT2D eigenvalue weighted by molar-refractivity contribution is -0.169. The van der Waals surface area contributed by atoms with Crippen LogP contribution in [0.5, 0.6) is 0 Å². The van der Waals surface area contributed by atoms with Gasteiger partial charge in [-0.2, -0.15) is 0 Å². The van der Waals surface area contributed by atoms with Crippen LogP contribution in [0, 0.1) is 34.5 Å². The molecule has 188 valence electrons. The van der Waals surface area contributed by atoms with Gasteiger partial charge in [-0.25, -0.2) is 0 Å². The molecule has 5 nitrogen and oxygen atoms in total. The van der Waals surface area contributed by atoms with Crippen molar-refractivity contribution in [2.24, 2.45) is 34.5 Å². The van der Waals surface area contributed by atoms with Crippen molar-refractivity contribution < 1.29 is 23.9 Å². The lowest BCUT2D eigenvalue weighted by atomic mass is 9.45. The number of fused-ring (bicyclic) bond motifs is 5. The Kier molecular flexibility index (Phi) is 5.91. The van der Waals surface area contributed by atoms with Gasteiger partial charge in [-0.1, -0.05) is 53.2 Å². The maximum atomic E-state index is 13.8. The highest BCUT2D eigenvalue weighted by molar-refractivity contribution is 6.74. The van der Waals surface area contributed by atoms with Gasteiger partial charge in [0.15, 0.2) is 19.9 Å². The zero-order chi connectivity index (χ0) is 25.5. The number of carbonyl (C=O) groups excluding carboxylic acids is 3. The molecule has 0 heterocycles. The lowest BCUT2D eigenvalue weighted by Crippen LogP contribution is -2.61. The Morgan fingerprint density at radius 3 is 2.50 bits per heavy atom. The average Bonchev–Trinajstić information content (AvgIpc) is 2.98. The second kappa shape index (κ2) is 7.81. The van der Waals surface area contributed by atoms with E-state index in [2.05, 4.69) is 47.7 Å². The summed E-state index contributed by atoms with van der Waals surface area (Å²) in [4.78, 5) is 39.4. The molecule has 7 atom stereocenters. The molecule has 0 unspecified atom stereocenters. The van der Waals surface area contributed by atoms with Crippen molar-refractivity contribution in [3.05, 3.63) is 23.8 Å². The van der Waals surface area contributed by atoms with Crippen molar-refractivity contribution in [3.8, 4) is 0 Å². The molecule has 0 aromatic heterocycles. The van der Waals surface area contributed by atoms with Gasteiger partial charge in [0.25, 0.3) is 0 Å². The number of Topliss-reactive ketones (excluding diaryl/α,β-unsaturated/α-hetero) is 2. The molecule has 1 N–H and O–H groups in total. The van der Waals surface area contributed by atoms with Gasteiger partial charge < -0.3 is 9.53 Å². The third kappa shape index (κ3) is 3.50. The van der Waals surface area contributed by atoms with Crippen LogP contribution in [0.4, 0.5) is 0 Å². The van der Waals surface area contributed by atoms with Crippen LogP contribution < -0.4 is 0 Å². The fourth-order valence-electron chi connectivity index (χ4n) is 7.50. The third-order valence-corrected chi connectivity index (χ3v) is 15.0. The first-order chi connectivity index (χ1) is 15.5. The number of hydrogen-bond acceptors (Lipinski definition) is 5. The average molecular weight is 487 g/mol. The van der Waals surface area contributed by atoms with Gasteiger partial charge in [0.1, 0.15) is 11.4 Å². The number of allylic oxidation sites excluding steroid dienone is 4. The van der Waals surface area contributed by atoms with E-state index in [0.717, 1.165) is 18.4 Å². The summed E-state index contributed by atoms with van der Waals surface area (Å²) in [6, 6.07) is 0. The van der Waals surface area contributed by atoms with Crippen molar-refractivity contribution in [2.45, 2.75) is 91.0 Å². The Hall–Kier alpha value is -1.37. The number of ketones is 3. The fourth-order valence-corrected chi connectivity index (χ4v) is 8.43. The first-order valence-electron chi connectivity index (χ1n) is 12.9. The Balaban J connectivity index is 1.63. The first kappa shape index (κ1) is 25.7. The van der Waals surface area contributed by atoms with E-state index >= 15 is 0 Å². The summed E-state index contributed by atoms with van der Waals surface area (Å²) in [5, 5.41) is 11.9. The zero-order valence-corrected chi connectivity index (χ0v) is 23.2. The summed E-state index contributed by atoms with van der Waals surface area (Å²) < 4.78 is 6.20. The Morgan fingerprint density at radius 1 is 1.24 bits per heavy atom. The topological polar surface area (TPSA) is 80.7 Å². The van der Waals surface area contributed by atoms with Crippen LogP contribution in [0.2, 0.25) is 18.1 Å². The van der Waals surface area contributed by atoms with Gasteiger partial charge >= 0.3 is 0 Å². The largest absolute Gasteiger partial charge is 0.409 e. The molecule has 3 fully saturated rings. The first-order valence-corrected chi connectivity index (χ1v) is 15.8. The second-order valence-corrected chi connectivity index (χ2v) is 18.2. The molecule has 4 aliphatic rings. The molecule has 6 heteroatoms. The third-order valence-electron chi connectivity index (χ3n) is 10.6. The predicted molar refractivity (Wildman–Crippen MR) is 135 cm³/mol. The van der Waals surface area contributed by atoms with Gasteiger partial charge in [0.2, 0.25) is 0 Å². The zero-order valence-electron chi connectivity index (χ0n) is 22.2. The quantitative estimate of drug-likeness (QED) is 0.563. The van der Waals surface area contributed by atoms with Crippen LogP contribution in [-0.4, -0.2) is 43.0 Å². The van der Waals surface area contributed by atoms with Gasteiger partial charge in [-0.05, 0) is 67.3 Å². The van der Waals surface area contributed by atoms with Crippen LogP contribution in [0.15, 0.2) is 23.8 Å². The van der Waals surface area contributed by atoms with Crippen LogP contribution >= 0.6 is 0 Å². The molecular weight excluding hydrogens is 444 g/mol. The van der Waals surface area contributed by atoms with Gasteiger partial charge in [-0.15, -0.1) is 0 Å². The summed E-state index contributed by atoms with van der Waals surface area (Å²) in [5.74, 6) is -0.0181. The van der Waals surface area contributed by atoms with Crippen LogP contribution in [0.3, 0.4) is 0 Å². The monoisotopic (exact) mass is 486 g/mol. The standard InChI is InChI=1S/C28H42O5Si/c1-17-13-19-20-10-12-28(32,23(31)16-33-34(7,8)25(2,3)4)27(20,6)15-22(30)24(19)26(5)11-9-18(29)14-21(17)26/h9,11,14,17,19-20,24,32H,10,12-13,15-16H2,1-8H3/t17-,19-,20-,24+,26-,27-,28-/m0/s1. The van der Waals surface area contributed by atoms with E-state index in [4.69, 9.17) is 4.43 Å². The van der Waals surface area contributed by atoms with Crippen LogP contribution in [-0.2, 0) is 18.8 Å². The van der Waals surface area contributed by atoms with Crippen molar-refractivity contribution in [2.75, 3.05) is 6.61 Å². The molecule has 0 radical (unpaired) electrons. The summed E-state index contributed by atoms with van der Waals surface area (Å²) in [5.41, 5.74) is -1.74. The van der Waals surface area contributed by atoms with Crippen molar-refractivity contribution in [3.63, 3.8) is 0 Å². The molecule has 0 aliphatic heterocycles. The Bertz CT molecular complexity index is 987. The molecule has 0 spiro atoms. The summed E-state index contributed by atoms with van der Waals surface area (Å²) in [6.07, 6.45) is 7.40. The van der Waals surface area contributed by atoms with E-state index in [1.165, 1.54) is 0 Å². The van der Waals surface area contributed by atoms with E-state index in [1.54, 1.807) is 12.2 Å². The van der Waals surface area contributed by atoms with E-state index in [-0.39, 0.29) is 59.1 Å². The van der Waals surface area contributed by atoms with E-state index in [1.807, 2.05) is 13.0 Å². The number of aliphatic hydroxyl groups is 1. The SMILES string of the molecule is C[C@H]1C[C@@H]2[C@H](C(=O)C[C@@]3(C)[C@H]2CC[C@]3(O)C(=O)CO[Si](C)(C)C(C)(C)C)[C@@]2(C)C=CC(=O)C=C12. The molecule has 0 aromatic carbocycles. The van der Waals surface area contributed by atoms with E-state index in [9.17, 15) is 19.5 Å². The van der Waals surface area contributed by atoms with E-state index < -0.39 is 24.7 Å². The highest BCUT2D eigenvalue weighted by Gasteiger charge is 2.68. The van der Waals surface area contributed by atoms with Crippen LogP contribution in [0.1, 0.15) is 67.2 Å². The summed E-state index contributed by atoms with van der Waals surface area (Å²) in [7, 11) is -2.15. The molecule has 34 heavy (non-hydrogen) atoms. The summed E-state index contributed by atoms with van der Waals surface area (Å²) >= 11 is 0. The molecule has 4 rings (SSSR count). The molecule has 0 saturated heterocycles. The van der Waals surface area contributed by atoms with Gasteiger partial charge in [0.05, 0.1) is 6.61 Å². The minimum Gasteiger partial charge on any atom is -0.409 e. The second-order valence-electron chi connectivity index (χ2n) is 13.4. The normalized spacial score (nSPS) is 42.1. The molecule has 4 aliphatic carbocycles. The Labute approximate surface area is 205 Å².